The lowest BCUT2D eigenvalue weighted by Crippen LogP contribution is -2.47. The number of aromatic nitrogens is 4. The van der Waals surface area contributed by atoms with Crippen LogP contribution in [-0.2, 0) is 0 Å². The van der Waals surface area contributed by atoms with E-state index in [1.54, 1.807) is 38.7 Å². The summed E-state index contributed by atoms with van der Waals surface area (Å²) in [5.74, 6) is 2.52. The Labute approximate surface area is 128 Å². The second-order valence-electron chi connectivity index (χ2n) is 4.77. The van der Waals surface area contributed by atoms with Gasteiger partial charge in [0.1, 0.15) is 0 Å². The first-order chi connectivity index (χ1) is 10.8. The van der Waals surface area contributed by atoms with Crippen molar-refractivity contribution in [2.45, 2.75) is 0 Å². The van der Waals surface area contributed by atoms with Crippen molar-refractivity contribution in [1.29, 1.82) is 0 Å². The van der Waals surface area contributed by atoms with Crippen molar-refractivity contribution in [1.82, 2.24) is 19.9 Å². The lowest BCUT2D eigenvalue weighted by atomic mass is 10.3. The lowest BCUT2D eigenvalue weighted by Gasteiger charge is -2.34. The second kappa shape index (κ2) is 6.42. The lowest BCUT2D eigenvalue weighted by molar-refractivity contribution is 0.395. The molecule has 1 aliphatic heterocycles. The molecule has 3 heterocycles. The minimum absolute atomic E-state index is 0.573. The highest BCUT2D eigenvalue weighted by Gasteiger charge is 2.21. The number of anilines is 2. The fourth-order valence-corrected chi connectivity index (χ4v) is 2.30. The maximum absolute atomic E-state index is 5.14. The van der Waals surface area contributed by atoms with Crippen LogP contribution in [0, 0.1) is 0 Å². The number of nitrogens with zero attached hydrogens (tertiary/aromatic N) is 6. The summed E-state index contributed by atoms with van der Waals surface area (Å²) in [6.45, 7) is 3.20. The molecule has 1 fully saturated rings. The molecule has 22 heavy (non-hydrogen) atoms. The average Bonchev–Trinajstić information content (AvgIpc) is 2.62. The highest BCUT2D eigenvalue weighted by molar-refractivity contribution is 5.39. The van der Waals surface area contributed by atoms with Crippen molar-refractivity contribution >= 4 is 11.9 Å². The molecule has 1 aliphatic rings. The number of hydrogen-bond donors (Lipinski definition) is 0. The molecule has 0 aliphatic carbocycles. The van der Waals surface area contributed by atoms with E-state index in [4.69, 9.17) is 9.47 Å². The topological polar surface area (TPSA) is 76.5 Å². The fraction of sp³-hybridized carbons (Fsp3) is 0.429. The Morgan fingerprint density at radius 3 is 1.55 bits per heavy atom. The summed E-state index contributed by atoms with van der Waals surface area (Å²) in [7, 11) is 3.20. The Balaban J connectivity index is 1.66. The molecule has 0 unspecified atom stereocenters. The van der Waals surface area contributed by atoms with Gasteiger partial charge in [-0.15, -0.1) is 0 Å². The third-order valence-corrected chi connectivity index (χ3v) is 3.50. The van der Waals surface area contributed by atoms with Crippen molar-refractivity contribution < 1.29 is 9.47 Å². The maximum Gasteiger partial charge on any atom is 0.228 e. The summed E-state index contributed by atoms with van der Waals surface area (Å²) in [5, 5.41) is 0. The van der Waals surface area contributed by atoms with E-state index in [-0.39, 0.29) is 0 Å². The van der Waals surface area contributed by atoms with Crippen molar-refractivity contribution in [3.63, 3.8) is 0 Å². The first-order valence-corrected chi connectivity index (χ1v) is 7.04. The van der Waals surface area contributed by atoms with Gasteiger partial charge in [-0.2, -0.15) is 9.97 Å². The summed E-state index contributed by atoms with van der Waals surface area (Å²) in [4.78, 5) is 21.6. The van der Waals surface area contributed by atoms with Crippen molar-refractivity contribution in [3.8, 4) is 11.8 Å². The number of hydrogen-bond acceptors (Lipinski definition) is 8. The third kappa shape index (κ3) is 3.00. The zero-order valence-electron chi connectivity index (χ0n) is 12.6. The normalized spacial score (nSPS) is 14.8. The first kappa shape index (κ1) is 14.3. The number of ether oxygens (including phenoxy) is 2. The molecule has 0 aromatic carbocycles. The molecule has 0 radical (unpaired) electrons. The maximum atomic E-state index is 5.14. The second-order valence-corrected chi connectivity index (χ2v) is 4.77. The van der Waals surface area contributed by atoms with Gasteiger partial charge in [-0.3, -0.25) is 0 Å². The Kier molecular flexibility index (Phi) is 4.17. The molecule has 0 atom stereocenters. The van der Waals surface area contributed by atoms with E-state index in [9.17, 15) is 0 Å². The van der Waals surface area contributed by atoms with Crippen LogP contribution >= 0.6 is 0 Å². The quantitative estimate of drug-likeness (QED) is 0.813. The molecule has 0 bridgehead atoms. The monoisotopic (exact) mass is 302 g/mol. The number of rotatable bonds is 4. The van der Waals surface area contributed by atoms with E-state index in [1.165, 1.54) is 0 Å². The predicted molar refractivity (Wildman–Crippen MR) is 81.6 cm³/mol. The van der Waals surface area contributed by atoms with Crippen molar-refractivity contribution in [2.24, 2.45) is 0 Å². The summed E-state index contributed by atoms with van der Waals surface area (Å²) in [5.41, 5.74) is 0. The molecular formula is C14H18N6O2. The Morgan fingerprint density at radius 2 is 1.18 bits per heavy atom. The van der Waals surface area contributed by atoms with Gasteiger partial charge in [-0.1, -0.05) is 0 Å². The molecule has 3 rings (SSSR count). The molecule has 116 valence electrons. The number of methoxy groups -OCH3 is 2. The summed E-state index contributed by atoms with van der Waals surface area (Å²) in [6, 6.07) is 3.48. The zero-order valence-corrected chi connectivity index (χ0v) is 12.6. The van der Waals surface area contributed by atoms with Crippen molar-refractivity contribution in [3.05, 3.63) is 24.5 Å². The van der Waals surface area contributed by atoms with E-state index in [1.807, 2.05) is 0 Å². The van der Waals surface area contributed by atoms with Gasteiger partial charge in [-0.25, -0.2) is 9.97 Å². The van der Waals surface area contributed by atoms with Crippen LogP contribution in [0.2, 0.25) is 0 Å². The SMILES string of the molecule is COc1ccnc(N2CCN(c3nccc(OC)n3)CC2)n1. The van der Waals surface area contributed by atoms with Crippen molar-refractivity contribution in [2.75, 3.05) is 50.2 Å². The van der Waals surface area contributed by atoms with E-state index in [0.29, 0.717) is 23.7 Å². The summed E-state index contributed by atoms with van der Waals surface area (Å²) < 4.78 is 10.3. The number of piperazine rings is 1. The molecule has 2 aromatic heterocycles. The Morgan fingerprint density at radius 1 is 0.773 bits per heavy atom. The highest BCUT2D eigenvalue weighted by atomic mass is 16.5. The van der Waals surface area contributed by atoms with Gasteiger partial charge in [0.15, 0.2) is 0 Å². The van der Waals surface area contributed by atoms with E-state index in [0.717, 1.165) is 26.2 Å². The van der Waals surface area contributed by atoms with Gasteiger partial charge in [0.2, 0.25) is 23.7 Å². The van der Waals surface area contributed by atoms with Crippen LogP contribution in [0.5, 0.6) is 11.8 Å². The van der Waals surface area contributed by atoms with Crippen LogP contribution in [0.25, 0.3) is 0 Å². The third-order valence-electron chi connectivity index (χ3n) is 3.50. The summed E-state index contributed by atoms with van der Waals surface area (Å²) >= 11 is 0. The molecule has 0 saturated carbocycles. The Hall–Kier alpha value is -2.64. The smallest absolute Gasteiger partial charge is 0.228 e. The molecule has 0 N–H and O–H groups in total. The molecular weight excluding hydrogens is 284 g/mol. The molecule has 8 heteroatoms. The van der Waals surface area contributed by atoms with Gasteiger partial charge in [0.05, 0.1) is 14.2 Å². The average molecular weight is 302 g/mol. The first-order valence-electron chi connectivity index (χ1n) is 7.04. The van der Waals surface area contributed by atoms with Crippen LogP contribution in [-0.4, -0.2) is 60.3 Å². The Bertz CT molecular complexity index is 575. The fourth-order valence-electron chi connectivity index (χ4n) is 2.30. The van der Waals surface area contributed by atoms with Gasteiger partial charge in [-0.05, 0) is 0 Å². The van der Waals surface area contributed by atoms with Gasteiger partial charge in [0, 0.05) is 50.7 Å². The van der Waals surface area contributed by atoms with E-state index in [2.05, 4.69) is 29.7 Å². The molecule has 1 saturated heterocycles. The van der Waals surface area contributed by atoms with Gasteiger partial charge in [0.25, 0.3) is 0 Å². The van der Waals surface area contributed by atoms with Crippen LogP contribution in [0.1, 0.15) is 0 Å². The van der Waals surface area contributed by atoms with Gasteiger partial charge < -0.3 is 19.3 Å². The molecule has 8 nitrogen and oxygen atoms in total. The highest BCUT2D eigenvalue weighted by Crippen LogP contribution is 2.18. The standard InChI is InChI=1S/C14H18N6O2/c1-21-11-3-5-15-13(17-11)19-7-9-20(10-8-19)14-16-6-4-12(18-14)22-2/h3-6H,7-10H2,1-2H3. The minimum atomic E-state index is 0.573. The molecule has 0 spiro atoms. The van der Waals surface area contributed by atoms with Gasteiger partial charge >= 0.3 is 0 Å². The van der Waals surface area contributed by atoms with Crippen LogP contribution in [0.15, 0.2) is 24.5 Å². The van der Waals surface area contributed by atoms with Crippen LogP contribution in [0.4, 0.5) is 11.9 Å². The van der Waals surface area contributed by atoms with E-state index < -0.39 is 0 Å². The largest absolute Gasteiger partial charge is 0.481 e. The van der Waals surface area contributed by atoms with Crippen LogP contribution < -0.4 is 19.3 Å². The molecule has 2 aromatic rings. The van der Waals surface area contributed by atoms with E-state index >= 15 is 0 Å². The molecule has 0 amide bonds. The van der Waals surface area contributed by atoms with Crippen LogP contribution in [0.3, 0.4) is 0 Å². The minimum Gasteiger partial charge on any atom is -0.481 e. The predicted octanol–water partition coefficient (Wildman–Crippen LogP) is 0.610. The zero-order chi connectivity index (χ0) is 15.4. The summed E-state index contributed by atoms with van der Waals surface area (Å²) in [6.07, 6.45) is 3.41.